The van der Waals surface area contributed by atoms with Gasteiger partial charge in [-0.1, -0.05) is 63.1 Å². The number of amides is 1. The SMILES string of the molecule is CN1C(=O)[C@@](CCC2CCCCC2)(C[C@H]2CCC[C@@H](Nc3ccc4ccccc4n3)C2)[NH+]=C1N. The van der Waals surface area contributed by atoms with Gasteiger partial charge in [-0.25, -0.2) is 9.88 Å². The van der Waals surface area contributed by atoms with Crippen LogP contribution in [0.2, 0.25) is 0 Å². The van der Waals surface area contributed by atoms with E-state index in [1.54, 1.807) is 4.90 Å². The first-order valence-electron chi connectivity index (χ1n) is 13.3. The summed E-state index contributed by atoms with van der Waals surface area (Å²) in [6.07, 6.45) is 14.1. The third kappa shape index (κ3) is 4.91. The van der Waals surface area contributed by atoms with E-state index < -0.39 is 5.54 Å². The molecule has 0 spiro atoms. The maximum atomic E-state index is 13.4. The van der Waals surface area contributed by atoms with Gasteiger partial charge in [0.2, 0.25) is 0 Å². The average molecular weight is 463 g/mol. The molecule has 182 valence electrons. The van der Waals surface area contributed by atoms with Crippen LogP contribution in [-0.4, -0.2) is 40.4 Å². The summed E-state index contributed by atoms with van der Waals surface area (Å²) in [5, 5.41) is 4.86. The standard InChI is InChI=1S/C28H39N5O/c1-33-26(34)28(32-27(33)29,17-16-20-8-3-2-4-9-20)19-21-10-7-12-23(18-21)30-25-15-14-22-11-5-6-13-24(22)31-25/h5-6,11,13-15,20-21,23H,2-4,7-10,12,16-19H2,1H3,(H2,29,32)(H,30,31)/p+1/t21-,23+,28+/m0/s1. The number of fused-ring (bicyclic) bond motifs is 1. The first-order chi connectivity index (χ1) is 16.5. The first kappa shape index (κ1) is 23.1. The molecule has 5 rings (SSSR count). The Bertz CT molecular complexity index is 1050. The molecule has 0 unspecified atom stereocenters. The van der Waals surface area contributed by atoms with Crippen LogP contribution in [-0.2, 0) is 4.79 Å². The minimum absolute atomic E-state index is 0.159. The highest BCUT2D eigenvalue weighted by atomic mass is 16.2. The van der Waals surface area contributed by atoms with Crippen LogP contribution in [0.1, 0.15) is 77.0 Å². The van der Waals surface area contributed by atoms with Gasteiger partial charge in [0.05, 0.1) is 12.6 Å². The number of carbonyl (C=O) groups excluding carboxylic acids is 1. The Balaban J connectivity index is 1.26. The van der Waals surface area contributed by atoms with Crippen LogP contribution in [0.4, 0.5) is 5.82 Å². The summed E-state index contributed by atoms with van der Waals surface area (Å²) in [4.78, 5) is 23.4. The van der Waals surface area contributed by atoms with Crippen molar-refractivity contribution in [3.8, 4) is 0 Å². The molecule has 1 aromatic carbocycles. The zero-order chi connectivity index (χ0) is 23.5. The van der Waals surface area contributed by atoms with Gasteiger partial charge in [-0.2, -0.15) is 0 Å². The molecule has 2 aliphatic carbocycles. The molecule has 1 aliphatic heterocycles. The smallest absolute Gasteiger partial charge is 0.351 e. The number of pyridine rings is 1. The molecule has 1 amide bonds. The molecular formula is C28H40N5O+. The zero-order valence-electron chi connectivity index (χ0n) is 20.6. The van der Waals surface area contributed by atoms with E-state index in [4.69, 9.17) is 10.7 Å². The maximum absolute atomic E-state index is 13.4. The number of rotatable bonds is 7. The third-order valence-corrected chi connectivity index (χ3v) is 8.52. The second-order valence-corrected chi connectivity index (χ2v) is 11.0. The number of anilines is 1. The van der Waals surface area contributed by atoms with Crippen LogP contribution in [0, 0.1) is 11.8 Å². The molecule has 1 aromatic heterocycles. The van der Waals surface area contributed by atoms with Crippen LogP contribution in [0.15, 0.2) is 36.4 Å². The molecule has 34 heavy (non-hydrogen) atoms. The molecule has 2 aromatic rings. The Morgan fingerprint density at radius 3 is 2.65 bits per heavy atom. The Labute approximate surface area is 203 Å². The van der Waals surface area contributed by atoms with E-state index in [0.29, 0.717) is 17.9 Å². The van der Waals surface area contributed by atoms with Crippen LogP contribution in [0.3, 0.4) is 0 Å². The zero-order valence-corrected chi connectivity index (χ0v) is 20.6. The molecule has 2 saturated carbocycles. The molecule has 6 heteroatoms. The van der Waals surface area contributed by atoms with E-state index in [2.05, 4.69) is 34.6 Å². The highest BCUT2D eigenvalue weighted by Crippen LogP contribution is 2.36. The van der Waals surface area contributed by atoms with Crippen molar-refractivity contribution >= 4 is 28.6 Å². The van der Waals surface area contributed by atoms with Crippen molar-refractivity contribution in [3.63, 3.8) is 0 Å². The third-order valence-electron chi connectivity index (χ3n) is 8.52. The molecule has 6 nitrogen and oxygen atoms in total. The van der Waals surface area contributed by atoms with Crippen LogP contribution < -0.4 is 16.0 Å². The fourth-order valence-electron chi connectivity index (χ4n) is 6.60. The molecule has 2 fully saturated rings. The van der Waals surface area contributed by atoms with Gasteiger partial charge in [0, 0.05) is 11.4 Å². The van der Waals surface area contributed by atoms with Gasteiger partial charge in [-0.15, -0.1) is 0 Å². The number of benzene rings is 1. The molecular weight excluding hydrogens is 422 g/mol. The lowest BCUT2D eigenvalue weighted by atomic mass is 9.74. The van der Waals surface area contributed by atoms with Crippen LogP contribution in [0.25, 0.3) is 10.9 Å². The average Bonchev–Trinajstić information content (AvgIpc) is 3.07. The molecule has 3 aliphatic rings. The normalized spacial score (nSPS) is 28.3. The van der Waals surface area contributed by atoms with Crippen LogP contribution >= 0.6 is 0 Å². The summed E-state index contributed by atoms with van der Waals surface area (Å²) in [6, 6.07) is 12.9. The largest absolute Gasteiger partial charge is 0.367 e. The van der Waals surface area contributed by atoms with E-state index in [-0.39, 0.29) is 5.91 Å². The fourth-order valence-corrected chi connectivity index (χ4v) is 6.60. The Hall–Kier alpha value is -2.63. The van der Waals surface area contributed by atoms with Gasteiger partial charge < -0.3 is 5.32 Å². The van der Waals surface area contributed by atoms with E-state index in [0.717, 1.165) is 49.4 Å². The van der Waals surface area contributed by atoms with Crippen molar-refractivity contribution in [2.24, 2.45) is 17.6 Å². The Morgan fingerprint density at radius 2 is 1.85 bits per heavy atom. The highest BCUT2D eigenvalue weighted by Gasteiger charge is 2.51. The van der Waals surface area contributed by atoms with Crippen molar-refractivity contribution in [2.75, 3.05) is 12.4 Å². The summed E-state index contributed by atoms with van der Waals surface area (Å²) in [7, 11) is 1.81. The summed E-state index contributed by atoms with van der Waals surface area (Å²) < 4.78 is 0. The lowest BCUT2D eigenvalue weighted by Crippen LogP contribution is -2.87. The predicted octanol–water partition coefficient (Wildman–Crippen LogP) is 3.56. The number of likely N-dealkylation sites (N-methyl/N-ethyl adjacent to an activating group) is 1. The van der Waals surface area contributed by atoms with Gasteiger partial charge in [-0.3, -0.25) is 15.5 Å². The monoisotopic (exact) mass is 462 g/mol. The van der Waals surface area contributed by atoms with Gasteiger partial charge in [0.25, 0.3) is 0 Å². The van der Waals surface area contributed by atoms with Gasteiger partial charge >= 0.3 is 11.9 Å². The number of nitrogens with zero attached hydrogens (tertiary/aromatic N) is 2. The predicted molar refractivity (Wildman–Crippen MR) is 137 cm³/mol. The van der Waals surface area contributed by atoms with Gasteiger partial charge in [0.15, 0.2) is 5.54 Å². The summed E-state index contributed by atoms with van der Waals surface area (Å²) >= 11 is 0. The summed E-state index contributed by atoms with van der Waals surface area (Å²) in [6.45, 7) is 0. The van der Waals surface area contributed by atoms with E-state index >= 15 is 0 Å². The Morgan fingerprint density at radius 1 is 1.06 bits per heavy atom. The highest BCUT2D eigenvalue weighted by molar-refractivity contribution is 6.01. The number of nitrogens with one attached hydrogen (secondary N) is 2. The summed E-state index contributed by atoms with van der Waals surface area (Å²) in [5.41, 5.74) is 6.71. The Kier molecular flexibility index (Phi) is 6.75. The number of hydrogen-bond donors (Lipinski definition) is 3. The van der Waals surface area contributed by atoms with Crippen LogP contribution in [0.5, 0.6) is 0 Å². The molecule has 0 bridgehead atoms. The molecule has 0 radical (unpaired) electrons. The van der Waals surface area contributed by atoms with Crippen molar-refractivity contribution in [1.29, 1.82) is 0 Å². The number of nitrogens with two attached hydrogens (primary N) is 1. The van der Waals surface area contributed by atoms with Gasteiger partial charge in [0.1, 0.15) is 5.82 Å². The van der Waals surface area contributed by atoms with Gasteiger partial charge in [-0.05, 0) is 62.1 Å². The topological polar surface area (TPSA) is 85.2 Å². The van der Waals surface area contributed by atoms with Crippen molar-refractivity contribution in [1.82, 2.24) is 9.88 Å². The number of para-hydroxylation sites is 1. The summed E-state index contributed by atoms with van der Waals surface area (Å²) in [5.74, 6) is 2.87. The van der Waals surface area contributed by atoms with E-state index in [1.165, 1.54) is 50.3 Å². The van der Waals surface area contributed by atoms with Crippen molar-refractivity contribution in [2.45, 2.75) is 88.6 Å². The second-order valence-electron chi connectivity index (χ2n) is 11.0. The quantitative estimate of drug-likeness (QED) is 0.587. The van der Waals surface area contributed by atoms with E-state index in [9.17, 15) is 4.79 Å². The lowest BCUT2D eigenvalue weighted by molar-refractivity contribution is -0.535. The van der Waals surface area contributed by atoms with Crippen molar-refractivity contribution < 1.29 is 9.79 Å². The number of guanidine groups is 1. The first-order valence-corrected chi connectivity index (χ1v) is 13.3. The van der Waals surface area contributed by atoms with E-state index in [1.807, 2.05) is 19.2 Å². The number of hydrogen-bond acceptors (Lipinski definition) is 4. The minimum Gasteiger partial charge on any atom is -0.367 e. The minimum atomic E-state index is -0.538. The maximum Gasteiger partial charge on any atom is 0.351 e. The molecule has 3 atom stereocenters. The van der Waals surface area contributed by atoms with Crippen molar-refractivity contribution in [3.05, 3.63) is 36.4 Å². The number of aromatic nitrogens is 1. The second kappa shape index (κ2) is 9.93. The molecule has 0 saturated heterocycles. The number of carbonyl (C=O) groups is 1. The molecule has 4 N–H and O–H groups in total. The fraction of sp³-hybridized carbons (Fsp3) is 0.607. The lowest BCUT2D eigenvalue weighted by Gasteiger charge is -2.34. The molecule has 2 heterocycles.